The molecule has 1 saturated carbocycles. The van der Waals surface area contributed by atoms with E-state index < -0.39 is 52.8 Å². The van der Waals surface area contributed by atoms with Gasteiger partial charge in [-0.25, -0.2) is 4.39 Å². The molecule has 3 unspecified atom stereocenters. The molecule has 0 aromatic heterocycles. The quantitative estimate of drug-likeness (QED) is 0.164. The predicted molar refractivity (Wildman–Crippen MR) is 153 cm³/mol. The molecule has 3 fully saturated rings. The molecule has 4 aliphatic rings. The first-order valence-electron chi connectivity index (χ1n) is 13.8. The number of benzene rings is 3. The lowest BCUT2D eigenvalue weighted by molar-refractivity contribution is -0.154. The maximum atomic E-state index is 14.5. The summed E-state index contributed by atoms with van der Waals surface area (Å²) in [4.78, 5) is 56.4. The highest BCUT2D eigenvalue weighted by atomic mass is 79.9. The van der Waals surface area contributed by atoms with E-state index in [-0.39, 0.29) is 22.7 Å². The van der Waals surface area contributed by atoms with E-state index in [0.29, 0.717) is 29.0 Å². The third-order valence-electron chi connectivity index (χ3n) is 9.45. The number of anilines is 1. The highest BCUT2D eigenvalue weighted by molar-refractivity contribution is 9.10. The second-order valence-electron chi connectivity index (χ2n) is 11.2. The van der Waals surface area contributed by atoms with E-state index in [2.05, 4.69) is 15.9 Å². The molecule has 0 N–H and O–H groups in total. The van der Waals surface area contributed by atoms with Crippen LogP contribution in [0, 0.1) is 29.5 Å². The van der Waals surface area contributed by atoms with E-state index in [1.54, 1.807) is 60.7 Å². The summed E-state index contributed by atoms with van der Waals surface area (Å²) in [5.41, 5.74) is 0.990. The molecule has 9 heteroatoms. The zero-order valence-corrected chi connectivity index (χ0v) is 24.0. The first-order valence-corrected chi connectivity index (χ1v) is 14.5. The van der Waals surface area contributed by atoms with Crippen LogP contribution in [0.15, 0.2) is 88.9 Å². The van der Waals surface area contributed by atoms with Gasteiger partial charge in [-0.1, -0.05) is 48.0 Å². The third kappa shape index (κ3) is 3.62. The monoisotopic (exact) mass is 629 g/mol. The summed E-state index contributed by atoms with van der Waals surface area (Å²) >= 11 is 3.29. The molecule has 7 nitrogen and oxygen atoms in total. The number of ether oxygens (including phenoxy) is 2. The number of esters is 2. The Morgan fingerprint density at radius 3 is 2.38 bits per heavy atom. The fourth-order valence-corrected chi connectivity index (χ4v) is 8.11. The van der Waals surface area contributed by atoms with Crippen molar-refractivity contribution in [1.29, 1.82) is 0 Å². The number of methoxy groups -OCH3 is 1. The molecule has 2 saturated heterocycles. The average Bonchev–Trinajstić information content (AvgIpc) is 3.42. The molecule has 0 bridgehead atoms. The van der Waals surface area contributed by atoms with Crippen molar-refractivity contribution in [2.24, 2.45) is 23.7 Å². The van der Waals surface area contributed by atoms with Crippen molar-refractivity contribution in [3.63, 3.8) is 0 Å². The fraction of sp³-hybridized carbons (Fsp3) is 0.273. The molecule has 212 valence electrons. The minimum absolute atomic E-state index is 0.157. The van der Waals surface area contributed by atoms with Gasteiger partial charge in [0.05, 0.1) is 35.0 Å². The summed E-state index contributed by atoms with van der Waals surface area (Å²) in [6.07, 6.45) is 2.41. The maximum Gasteiger partial charge on any atom is 0.326 e. The van der Waals surface area contributed by atoms with Crippen LogP contribution in [-0.2, 0) is 29.3 Å². The van der Waals surface area contributed by atoms with Gasteiger partial charge in [0.1, 0.15) is 17.0 Å². The van der Waals surface area contributed by atoms with Gasteiger partial charge in [-0.05, 0) is 82.2 Å². The van der Waals surface area contributed by atoms with Gasteiger partial charge in [0.25, 0.3) is 0 Å². The van der Waals surface area contributed by atoms with Crippen LogP contribution in [0.1, 0.15) is 29.9 Å². The number of hydrogen-bond acceptors (Lipinski definition) is 6. The molecule has 2 heterocycles. The molecule has 6 atom stereocenters. The van der Waals surface area contributed by atoms with Gasteiger partial charge in [0.2, 0.25) is 11.8 Å². The van der Waals surface area contributed by atoms with Gasteiger partial charge < -0.3 is 9.47 Å². The fourth-order valence-electron chi connectivity index (χ4n) is 7.71. The predicted octanol–water partition coefficient (Wildman–Crippen LogP) is 5.47. The number of amides is 2. The van der Waals surface area contributed by atoms with Gasteiger partial charge in [-0.2, -0.15) is 0 Å². The Labute approximate surface area is 249 Å². The van der Waals surface area contributed by atoms with Crippen molar-refractivity contribution < 1.29 is 33.0 Å². The zero-order chi connectivity index (χ0) is 29.3. The molecule has 42 heavy (non-hydrogen) atoms. The van der Waals surface area contributed by atoms with E-state index in [0.717, 1.165) is 5.57 Å². The van der Waals surface area contributed by atoms with Crippen molar-refractivity contribution in [3.05, 3.63) is 106 Å². The number of allylic oxidation sites excluding steroid dienone is 2. The Kier molecular flexibility index (Phi) is 6.20. The van der Waals surface area contributed by atoms with Gasteiger partial charge in [-0.15, -0.1) is 0 Å². The first-order chi connectivity index (χ1) is 20.3. The van der Waals surface area contributed by atoms with Gasteiger partial charge in [0.15, 0.2) is 0 Å². The molecule has 3 aromatic rings. The van der Waals surface area contributed by atoms with Crippen molar-refractivity contribution in [1.82, 2.24) is 0 Å². The molecule has 0 radical (unpaired) electrons. The normalized spacial score (nSPS) is 29.9. The lowest BCUT2D eigenvalue weighted by Crippen LogP contribution is -2.53. The number of halogens is 2. The minimum atomic E-state index is -1.46. The van der Waals surface area contributed by atoms with Crippen LogP contribution in [-0.4, -0.2) is 30.9 Å². The van der Waals surface area contributed by atoms with E-state index in [4.69, 9.17) is 9.47 Å². The molecule has 2 aliphatic heterocycles. The van der Waals surface area contributed by atoms with Crippen LogP contribution >= 0.6 is 15.9 Å². The van der Waals surface area contributed by atoms with Crippen molar-refractivity contribution in [2.75, 3.05) is 12.0 Å². The SMILES string of the molecule is COc1ccc([C@@]23C(=O)OC(=O)[C@@H]2CC2C(=CCC4C(=O)N(c5ccccc5)C(=O)C42)[C@@H]3c2ccc(F)c(Br)c2)cc1. The summed E-state index contributed by atoms with van der Waals surface area (Å²) in [6.45, 7) is 0. The Morgan fingerprint density at radius 2 is 1.69 bits per heavy atom. The van der Waals surface area contributed by atoms with Crippen molar-refractivity contribution in [2.45, 2.75) is 24.2 Å². The molecule has 7 rings (SSSR count). The number of imide groups is 1. The van der Waals surface area contributed by atoms with Crippen LogP contribution in [0.3, 0.4) is 0 Å². The molecule has 3 aromatic carbocycles. The second-order valence-corrected chi connectivity index (χ2v) is 12.1. The van der Waals surface area contributed by atoms with Crippen LogP contribution in [0.2, 0.25) is 0 Å². The first kappa shape index (κ1) is 26.8. The lowest BCUT2D eigenvalue weighted by atomic mass is 9.49. The summed E-state index contributed by atoms with van der Waals surface area (Å²) in [6, 6.07) is 20.3. The highest BCUT2D eigenvalue weighted by Gasteiger charge is 2.69. The number of hydrogen-bond donors (Lipinski definition) is 0. The van der Waals surface area contributed by atoms with Crippen LogP contribution < -0.4 is 9.64 Å². The molecule has 2 amide bonds. The topological polar surface area (TPSA) is 90.0 Å². The van der Waals surface area contributed by atoms with E-state index in [9.17, 15) is 23.6 Å². The number of fused-ring (bicyclic) bond motifs is 4. The number of rotatable bonds is 4. The summed E-state index contributed by atoms with van der Waals surface area (Å²) < 4.78 is 25.4. The Bertz CT molecular complexity index is 1690. The number of nitrogens with zero attached hydrogens (tertiary/aromatic N) is 1. The number of para-hydroxylation sites is 1. The summed E-state index contributed by atoms with van der Waals surface area (Å²) in [7, 11) is 1.54. The minimum Gasteiger partial charge on any atom is -0.497 e. The Balaban J connectivity index is 1.43. The zero-order valence-electron chi connectivity index (χ0n) is 22.5. The van der Waals surface area contributed by atoms with E-state index >= 15 is 0 Å². The summed E-state index contributed by atoms with van der Waals surface area (Å²) in [5.74, 6) is -5.32. The standard InChI is InChI=1S/C33H25BrFNO6/c1-41-20-10-8-18(9-11-20)33-24(31(39)42-32(33)40)16-23-21(28(33)17-7-14-26(35)25(34)15-17)12-13-22-27(23)30(38)36(29(22)37)19-5-3-2-4-6-19/h2-12,14-15,22-24,27-28H,13,16H2,1H3/t22?,23?,24-,27?,28-,33+/m0/s1. The Hall–Kier alpha value is -4.11. The van der Waals surface area contributed by atoms with Crippen molar-refractivity contribution >= 4 is 45.4 Å². The van der Waals surface area contributed by atoms with Gasteiger partial charge >= 0.3 is 11.9 Å². The largest absolute Gasteiger partial charge is 0.497 e. The molecule has 2 aliphatic carbocycles. The third-order valence-corrected chi connectivity index (χ3v) is 10.1. The van der Waals surface area contributed by atoms with Crippen LogP contribution in [0.25, 0.3) is 0 Å². The number of cyclic esters (lactones) is 2. The molecule has 0 spiro atoms. The van der Waals surface area contributed by atoms with E-state index in [1.165, 1.54) is 18.1 Å². The van der Waals surface area contributed by atoms with Gasteiger partial charge in [-0.3, -0.25) is 24.1 Å². The van der Waals surface area contributed by atoms with E-state index in [1.807, 2.05) is 12.1 Å². The average molecular weight is 630 g/mol. The lowest BCUT2D eigenvalue weighted by Gasteiger charge is -2.49. The smallest absolute Gasteiger partial charge is 0.326 e. The van der Waals surface area contributed by atoms with Crippen molar-refractivity contribution in [3.8, 4) is 5.75 Å². The van der Waals surface area contributed by atoms with Crippen LogP contribution in [0.5, 0.6) is 5.75 Å². The number of carbonyl (C=O) groups is 4. The van der Waals surface area contributed by atoms with Crippen LogP contribution in [0.4, 0.5) is 10.1 Å². The maximum absolute atomic E-state index is 14.5. The highest BCUT2D eigenvalue weighted by Crippen LogP contribution is 2.64. The van der Waals surface area contributed by atoms with Gasteiger partial charge in [0, 0.05) is 5.92 Å². The summed E-state index contributed by atoms with van der Waals surface area (Å²) in [5, 5.41) is 0. The Morgan fingerprint density at radius 1 is 0.952 bits per heavy atom. The second kappa shape index (κ2) is 9.73. The number of carbonyl (C=O) groups excluding carboxylic acids is 4. The molecular formula is C33H25BrFNO6. The molecular weight excluding hydrogens is 605 g/mol.